The summed E-state index contributed by atoms with van der Waals surface area (Å²) in [7, 11) is -0.433. The van der Waals surface area contributed by atoms with Crippen LogP contribution in [0.25, 0.3) is 207 Å². The second-order valence-corrected chi connectivity index (χ2v) is 32.0. The molecule has 116 heavy (non-hydrogen) atoms. The fourth-order valence-electron chi connectivity index (χ4n) is 18.0. The van der Waals surface area contributed by atoms with Gasteiger partial charge in [-0.05, 0) is 231 Å². The van der Waals surface area contributed by atoms with E-state index in [0.717, 1.165) is 97.8 Å². The molecule has 1 fully saturated rings. The molecule has 0 aliphatic carbocycles. The topological polar surface area (TPSA) is 61.8 Å². The predicted molar refractivity (Wildman–Crippen MR) is 490 cm³/mol. The second-order valence-electron chi connectivity index (χ2n) is 31.1. The average Bonchev–Trinajstić information content (AvgIpc) is 1.06. The van der Waals surface area contributed by atoms with E-state index in [4.69, 9.17) is 32.4 Å². The van der Waals surface area contributed by atoms with Gasteiger partial charge in [-0.15, -0.1) is 0 Å². The third-order valence-electron chi connectivity index (χ3n) is 24.1. The zero-order valence-corrected chi connectivity index (χ0v) is 65.5. The Morgan fingerprint density at radius 1 is 0.293 bits per heavy atom. The number of fused-ring (bicyclic) bond motifs is 22. The highest BCUT2D eigenvalue weighted by atomic mass is 79.9. The minimum atomic E-state index is -0.433. The van der Waals surface area contributed by atoms with Crippen LogP contribution in [0.3, 0.4) is 0 Å². The molecule has 0 N–H and O–H groups in total. The van der Waals surface area contributed by atoms with E-state index in [9.17, 15) is 0 Å². The van der Waals surface area contributed by atoms with Gasteiger partial charge in [0.05, 0.1) is 46.4 Å². The van der Waals surface area contributed by atoms with E-state index < -0.39 is 18.3 Å². The quantitative estimate of drug-likeness (QED) is 0.0720. The first-order valence-corrected chi connectivity index (χ1v) is 40.0. The number of imidazole rings is 2. The molecule has 22 aromatic rings. The lowest BCUT2D eigenvalue weighted by Gasteiger charge is -2.32. The van der Waals surface area contributed by atoms with E-state index in [2.05, 4.69) is 353 Å². The molecule has 0 saturated carbocycles. The Hall–Kier alpha value is -14.1. The summed E-state index contributed by atoms with van der Waals surface area (Å²) in [6, 6.07) is 125. The molecular formula is C106H70BBrN6O2. The normalized spacial score (nSPS) is 13.2. The van der Waals surface area contributed by atoms with Gasteiger partial charge in [0.1, 0.15) is 11.3 Å². The summed E-state index contributed by atoms with van der Waals surface area (Å²) >= 11 is 3.67. The number of pyridine rings is 2. The third-order valence-corrected chi connectivity index (χ3v) is 24.5. The lowest BCUT2D eigenvalue weighted by molar-refractivity contribution is 0.00578. The van der Waals surface area contributed by atoms with Crippen LogP contribution < -0.4 is 5.46 Å². The molecule has 0 spiro atoms. The zero-order valence-electron chi connectivity index (χ0n) is 63.9. The number of para-hydroxylation sites is 4. The minimum Gasteiger partial charge on any atom is -0.399 e. The van der Waals surface area contributed by atoms with Crippen molar-refractivity contribution in [1.82, 2.24) is 18.8 Å². The maximum absolute atomic E-state index is 7.74. The van der Waals surface area contributed by atoms with Crippen LogP contribution in [-0.2, 0) is 9.31 Å². The van der Waals surface area contributed by atoms with Gasteiger partial charge in [0.15, 0.2) is 11.4 Å². The first kappa shape index (κ1) is 69.8. The van der Waals surface area contributed by atoms with Crippen LogP contribution in [0.5, 0.6) is 0 Å². The summed E-state index contributed by atoms with van der Waals surface area (Å²) in [5.74, 6) is 0. The van der Waals surface area contributed by atoms with Crippen molar-refractivity contribution in [3.05, 3.63) is 379 Å². The second kappa shape index (κ2) is 27.6. The number of halogens is 1. The molecule has 1 saturated heterocycles. The van der Waals surface area contributed by atoms with Crippen molar-refractivity contribution in [2.24, 2.45) is 0 Å². The van der Waals surface area contributed by atoms with E-state index in [1.165, 1.54) is 109 Å². The standard InChI is InChI=1S/C50H29N3.C30H19Br.C26H22BN3O2/c1-51-35-25-27-37-44-29-33(24-26-43(44)50-52-45-22-8-9-23-46(45)53(50)47(37)30-35)32-14-10-15-34(28-32)48-39-17-4-6-19-41(39)49(42-20-7-5-18-40(42)48)38-21-11-13-31-12-2-3-16-36(31)38;31-22-12-7-11-21(19-22)29-25-14-3-5-16-27(25)30(28-17-6-4-15-26(28)29)24-18-8-10-20-9-1-2-13-23(20)24;1-25(2)26(3,4)32-27(31-25)16-10-12-19-20(14-16)18-13-11-17(28-5)15-23(18)30-22-9-7-6-8-21(22)29-24(19)30/h2-30H;1-19H;6-15H,1-4H3. The molecule has 0 radical (unpaired) electrons. The molecule has 0 unspecified atom stereocenters. The summed E-state index contributed by atoms with van der Waals surface area (Å²) in [4.78, 5) is 17.5. The highest BCUT2D eigenvalue weighted by Gasteiger charge is 2.52. The summed E-state index contributed by atoms with van der Waals surface area (Å²) < 4.78 is 18.1. The highest BCUT2D eigenvalue weighted by molar-refractivity contribution is 9.10. The van der Waals surface area contributed by atoms with Crippen molar-refractivity contribution in [2.45, 2.75) is 38.9 Å². The molecule has 8 nitrogen and oxygen atoms in total. The number of aromatic nitrogens is 4. The van der Waals surface area contributed by atoms with Gasteiger partial charge in [0.2, 0.25) is 0 Å². The highest BCUT2D eigenvalue weighted by Crippen LogP contribution is 2.49. The number of hydrogen-bond donors (Lipinski definition) is 0. The van der Waals surface area contributed by atoms with Gasteiger partial charge in [-0.25, -0.2) is 19.7 Å². The molecule has 23 rings (SSSR count). The molecule has 10 heteroatoms. The Bertz CT molecular complexity index is 7860. The number of nitrogens with zero attached hydrogens (tertiary/aromatic N) is 6. The van der Waals surface area contributed by atoms with Crippen LogP contribution in [0.15, 0.2) is 356 Å². The van der Waals surface area contributed by atoms with Gasteiger partial charge in [0, 0.05) is 37.1 Å². The molecule has 1 aliphatic heterocycles. The fourth-order valence-corrected chi connectivity index (χ4v) is 18.4. The minimum absolute atomic E-state index is 0.399. The SMILES string of the molecule is Brc1cccc(-c2c3ccccc3c(-c3cccc4ccccc34)c3ccccc23)c1.[C-]#[N+]c1ccc2c3cc(-c4cccc(-c5c6ccccc6c(-c6cccc7ccccc67)c6ccccc56)c4)ccc3c3nc4ccccc4n3c2c1.[C-]#[N+]c1ccc2c3cc(B4OC(C)(C)C(C)(C)O4)ccc3c3nc4ccccc4n3c2c1. The molecule has 1 aliphatic rings. The maximum Gasteiger partial charge on any atom is 0.494 e. The molecule has 0 atom stereocenters. The van der Waals surface area contributed by atoms with E-state index in [0.29, 0.717) is 11.4 Å². The van der Waals surface area contributed by atoms with Crippen molar-refractivity contribution >= 4 is 181 Å². The van der Waals surface area contributed by atoms with Gasteiger partial charge >= 0.3 is 7.12 Å². The van der Waals surface area contributed by atoms with Crippen LogP contribution >= 0.6 is 15.9 Å². The Balaban J connectivity index is 0.000000115. The molecule has 0 bridgehead atoms. The number of rotatable bonds is 6. The summed E-state index contributed by atoms with van der Waals surface area (Å²) in [6.45, 7) is 23.5. The Morgan fingerprint density at radius 2 is 0.655 bits per heavy atom. The van der Waals surface area contributed by atoms with Crippen LogP contribution in [0.1, 0.15) is 27.7 Å². The monoisotopic (exact) mass is 1550 g/mol. The third kappa shape index (κ3) is 11.4. The van der Waals surface area contributed by atoms with Crippen molar-refractivity contribution < 1.29 is 9.31 Å². The summed E-state index contributed by atoms with van der Waals surface area (Å²) in [5, 5.41) is 21.7. The predicted octanol–water partition coefficient (Wildman–Crippen LogP) is 28.7. The van der Waals surface area contributed by atoms with Crippen LogP contribution in [-0.4, -0.2) is 37.1 Å². The van der Waals surface area contributed by atoms with Gasteiger partial charge in [-0.2, -0.15) is 0 Å². The maximum atomic E-state index is 7.74. The molecule has 0 amide bonds. The zero-order chi connectivity index (χ0) is 78.1. The number of hydrogen-bond acceptors (Lipinski definition) is 4. The van der Waals surface area contributed by atoms with Crippen LogP contribution in [0, 0.1) is 13.1 Å². The van der Waals surface area contributed by atoms with Gasteiger partial charge in [-0.3, -0.25) is 8.80 Å². The molecular weight excluding hydrogens is 1480 g/mol. The van der Waals surface area contributed by atoms with Crippen LogP contribution in [0.2, 0.25) is 0 Å². The first-order valence-electron chi connectivity index (χ1n) is 39.2. The van der Waals surface area contributed by atoms with E-state index in [-0.39, 0.29) is 0 Å². The summed E-state index contributed by atoms with van der Waals surface area (Å²) in [5.41, 5.74) is 21.4. The smallest absolute Gasteiger partial charge is 0.399 e. The van der Waals surface area contributed by atoms with E-state index in [1.54, 1.807) is 0 Å². The summed E-state index contributed by atoms with van der Waals surface area (Å²) in [6.07, 6.45) is 0. The molecule has 4 aromatic heterocycles. The van der Waals surface area contributed by atoms with Gasteiger partial charge in [0.25, 0.3) is 0 Å². The lowest BCUT2D eigenvalue weighted by Crippen LogP contribution is -2.41. The van der Waals surface area contributed by atoms with Gasteiger partial charge < -0.3 is 9.31 Å². The van der Waals surface area contributed by atoms with Crippen molar-refractivity contribution in [1.29, 1.82) is 0 Å². The van der Waals surface area contributed by atoms with E-state index >= 15 is 0 Å². The number of benzene rings is 18. The van der Waals surface area contributed by atoms with Crippen molar-refractivity contribution in [3.8, 4) is 55.6 Å². The average molecular weight is 1550 g/mol. The molecule has 546 valence electrons. The Kier molecular flexibility index (Phi) is 16.6. The Morgan fingerprint density at radius 3 is 1.12 bits per heavy atom. The first-order chi connectivity index (χ1) is 56.8. The van der Waals surface area contributed by atoms with Crippen molar-refractivity contribution in [2.75, 3.05) is 0 Å². The van der Waals surface area contributed by atoms with Crippen LogP contribution in [0.4, 0.5) is 11.4 Å². The van der Waals surface area contributed by atoms with Crippen molar-refractivity contribution in [3.63, 3.8) is 0 Å². The Labute approximate surface area is 678 Å². The molecule has 5 heterocycles. The lowest BCUT2D eigenvalue weighted by atomic mass is 9.78. The van der Waals surface area contributed by atoms with E-state index in [1.807, 2.05) is 60.7 Å². The van der Waals surface area contributed by atoms with Gasteiger partial charge in [-0.1, -0.05) is 301 Å². The molecule has 18 aromatic carbocycles. The largest absolute Gasteiger partial charge is 0.494 e. The fraction of sp³-hybridized carbons (Fsp3) is 0.0566.